The second-order valence-electron chi connectivity index (χ2n) is 4.06. The van der Waals surface area contributed by atoms with Crippen molar-refractivity contribution in [3.63, 3.8) is 0 Å². The van der Waals surface area contributed by atoms with E-state index >= 15 is 0 Å². The van der Waals surface area contributed by atoms with Crippen LogP contribution in [0.4, 0.5) is 5.69 Å². The number of amides is 1. The molecule has 1 amide bonds. The van der Waals surface area contributed by atoms with Crippen LogP contribution in [0.1, 0.15) is 12.5 Å². The number of benzene rings is 1. The van der Waals surface area contributed by atoms with E-state index in [2.05, 4.69) is 12.2 Å². The molecule has 0 saturated carbocycles. The molecule has 0 fully saturated rings. The second-order valence-corrected chi connectivity index (χ2v) is 5.09. The van der Waals surface area contributed by atoms with Gasteiger partial charge in [-0.2, -0.15) is 17.0 Å². The fourth-order valence-corrected chi connectivity index (χ4v) is 2.21. The van der Waals surface area contributed by atoms with Crippen LogP contribution in [0.3, 0.4) is 0 Å². The van der Waals surface area contributed by atoms with E-state index in [4.69, 9.17) is 11.0 Å². The van der Waals surface area contributed by atoms with Gasteiger partial charge in [-0.1, -0.05) is 19.1 Å². The maximum atomic E-state index is 11.7. The molecular weight excluding hydrogens is 246 g/mol. The molecule has 1 rings (SSSR count). The zero-order valence-corrected chi connectivity index (χ0v) is 11.2. The van der Waals surface area contributed by atoms with Crippen molar-refractivity contribution in [3.05, 3.63) is 29.8 Å². The third kappa shape index (κ3) is 4.78. The zero-order valence-electron chi connectivity index (χ0n) is 10.3. The summed E-state index contributed by atoms with van der Waals surface area (Å²) in [5, 5.41) is 11.6. The Labute approximate surface area is 112 Å². The van der Waals surface area contributed by atoms with Crippen molar-refractivity contribution in [3.8, 4) is 6.07 Å². The SMILES string of the molecule is CC(CN)CSCC(=O)Nc1ccccc1C#N. The lowest BCUT2D eigenvalue weighted by Gasteiger charge is -2.09. The molecule has 5 heteroatoms. The average molecular weight is 263 g/mol. The van der Waals surface area contributed by atoms with Crippen LogP contribution in [0, 0.1) is 17.2 Å². The van der Waals surface area contributed by atoms with Gasteiger partial charge in [0, 0.05) is 0 Å². The van der Waals surface area contributed by atoms with Crippen LogP contribution >= 0.6 is 11.8 Å². The number of nitrogens with one attached hydrogen (secondary N) is 1. The minimum Gasteiger partial charge on any atom is -0.330 e. The van der Waals surface area contributed by atoms with E-state index in [0.717, 1.165) is 5.75 Å². The number of nitrogens with two attached hydrogens (primary N) is 1. The van der Waals surface area contributed by atoms with Gasteiger partial charge in [-0.15, -0.1) is 0 Å². The van der Waals surface area contributed by atoms with Gasteiger partial charge in [-0.3, -0.25) is 4.79 Å². The molecule has 1 unspecified atom stereocenters. The number of carbonyl (C=O) groups is 1. The van der Waals surface area contributed by atoms with Crippen molar-refractivity contribution in [1.29, 1.82) is 5.26 Å². The predicted octanol–water partition coefficient (Wildman–Crippen LogP) is 1.82. The van der Waals surface area contributed by atoms with Gasteiger partial charge in [0.2, 0.25) is 5.91 Å². The molecule has 4 nitrogen and oxygen atoms in total. The summed E-state index contributed by atoms with van der Waals surface area (Å²) in [4.78, 5) is 11.7. The molecule has 0 spiro atoms. The van der Waals surface area contributed by atoms with Crippen LogP contribution in [0.2, 0.25) is 0 Å². The third-order valence-corrected chi connectivity index (χ3v) is 3.63. The Morgan fingerprint density at radius 3 is 2.94 bits per heavy atom. The summed E-state index contributed by atoms with van der Waals surface area (Å²) >= 11 is 1.55. The quantitative estimate of drug-likeness (QED) is 0.820. The molecule has 0 aliphatic rings. The summed E-state index contributed by atoms with van der Waals surface area (Å²) in [6.07, 6.45) is 0. The molecule has 0 bridgehead atoms. The fourth-order valence-electron chi connectivity index (χ4n) is 1.30. The van der Waals surface area contributed by atoms with Crippen LogP contribution in [0.5, 0.6) is 0 Å². The van der Waals surface area contributed by atoms with Gasteiger partial charge in [0.1, 0.15) is 6.07 Å². The fraction of sp³-hybridized carbons (Fsp3) is 0.385. The van der Waals surface area contributed by atoms with Gasteiger partial charge >= 0.3 is 0 Å². The predicted molar refractivity (Wildman–Crippen MR) is 75.3 cm³/mol. The maximum absolute atomic E-state index is 11.7. The summed E-state index contributed by atoms with van der Waals surface area (Å²) in [5.41, 5.74) is 6.55. The topological polar surface area (TPSA) is 78.9 Å². The monoisotopic (exact) mass is 263 g/mol. The molecule has 1 atom stereocenters. The average Bonchev–Trinajstić information content (AvgIpc) is 2.39. The van der Waals surface area contributed by atoms with Crippen LogP contribution in [0.25, 0.3) is 0 Å². The van der Waals surface area contributed by atoms with Crippen LogP contribution in [0.15, 0.2) is 24.3 Å². The molecule has 0 aromatic heterocycles. The molecule has 0 heterocycles. The lowest BCUT2D eigenvalue weighted by molar-refractivity contribution is -0.113. The minimum absolute atomic E-state index is 0.0908. The van der Waals surface area contributed by atoms with E-state index in [1.165, 1.54) is 0 Å². The van der Waals surface area contributed by atoms with Crippen molar-refractivity contribution in [2.24, 2.45) is 11.7 Å². The highest BCUT2D eigenvalue weighted by Crippen LogP contribution is 2.14. The Hall–Kier alpha value is -1.51. The highest BCUT2D eigenvalue weighted by molar-refractivity contribution is 7.99. The summed E-state index contributed by atoms with van der Waals surface area (Å²) in [7, 11) is 0. The number of carbonyl (C=O) groups excluding carboxylic acids is 1. The molecule has 1 aromatic rings. The first kappa shape index (κ1) is 14.6. The molecule has 1 aromatic carbocycles. The molecule has 0 radical (unpaired) electrons. The number of thioether (sulfide) groups is 1. The second kappa shape index (κ2) is 7.75. The first-order valence-corrected chi connectivity index (χ1v) is 6.89. The molecular formula is C13H17N3OS. The normalized spacial score (nSPS) is 11.6. The molecule has 3 N–H and O–H groups in total. The highest BCUT2D eigenvalue weighted by atomic mass is 32.2. The Bertz CT molecular complexity index is 442. The van der Waals surface area contributed by atoms with E-state index < -0.39 is 0 Å². The highest BCUT2D eigenvalue weighted by Gasteiger charge is 2.07. The lowest BCUT2D eigenvalue weighted by atomic mass is 10.2. The van der Waals surface area contributed by atoms with Gasteiger partial charge < -0.3 is 11.1 Å². The number of hydrogen-bond donors (Lipinski definition) is 2. The molecule has 0 aliphatic heterocycles. The lowest BCUT2D eigenvalue weighted by Crippen LogP contribution is -2.18. The van der Waals surface area contributed by atoms with Gasteiger partial charge in [-0.25, -0.2) is 0 Å². The van der Waals surface area contributed by atoms with Crippen molar-refractivity contribution < 1.29 is 4.79 Å². The van der Waals surface area contributed by atoms with Crippen LogP contribution in [-0.2, 0) is 4.79 Å². The standard InChI is InChI=1S/C13H17N3OS/c1-10(6-14)8-18-9-13(17)16-12-5-3-2-4-11(12)7-15/h2-5,10H,6,8-9,14H2,1H3,(H,16,17). The van der Waals surface area contributed by atoms with Gasteiger partial charge in [0.15, 0.2) is 0 Å². The van der Waals surface area contributed by atoms with E-state index in [1.807, 2.05) is 6.07 Å². The number of hydrogen-bond acceptors (Lipinski definition) is 4. The summed E-state index contributed by atoms with van der Waals surface area (Å²) in [6, 6.07) is 9.01. The molecule has 96 valence electrons. The molecule has 18 heavy (non-hydrogen) atoms. The van der Waals surface area contributed by atoms with Crippen molar-refractivity contribution in [1.82, 2.24) is 0 Å². The van der Waals surface area contributed by atoms with Crippen LogP contribution in [-0.4, -0.2) is 24.0 Å². The first-order chi connectivity index (χ1) is 8.67. The van der Waals surface area contributed by atoms with E-state index in [9.17, 15) is 4.79 Å². The largest absolute Gasteiger partial charge is 0.330 e. The maximum Gasteiger partial charge on any atom is 0.234 e. The molecule has 0 saturated heterocycles. The van der Waals surface area contributed by atoms with Gasteiger partial charge in [0.05, 0.1) is 17.0 Å². The summed E-state index contributed by atoms with van der Waals surface area (Å²) in [6.45, 7) is 2.68. The van der Waals surface area contributed by atoms with E-state index in [1.54, 1.807) is 36.0 Å². The number of nitrogens with zero attached hydrogens (tertiary/aromatic N) is 1. The Kier molecular flexibility index (Phi) is 6.26. The summed E-state index contributed by atoms with van der Waals surface area (Å²) < 4.78 is 0. The van der Waals surface area contributed by atoms with Gasteiger partial charge in [-0.05, 0) is 30.3 Å². The van der Waals surface area contributed by atoms with Crippen LogP contribution < -0.4 is 11.1 Å². The number of anilines is 1. The number of rotatable bonds is 6. The summed E-state index contributed by atoms with van der Waals surface area (Å²) in [5.74, 6) is 1.56. The van der Waals surface area contributed by atoms with E-state index in [-0.39, 0.29) is 5.91 Å². The van der Waals surface area contributed by atoms with Crippen molar-refractivity contribution in [2.45, 2.75) is 6.92 Å². The van der Waals surface area contributed by atoms with Crippen molar-refractivity contribution >= 4 is 23.4 Å². The Balaban J connectivity index is 2.43. The molecule has 0 aliphatic carbocycles. The minimum atomic E-state index is -0.0908. The van der Waals surface area contributed by atoms with E-state index in [0.29, 0.717) is 29.5 Å². The number of para-hydroxylation sites is 1. The third-order valence-electron chi connectivity index (χ3n) is 2.36. The van der Waals surface area contributed by atoms with Gasteiger partial charge in [0.25, 0.3) is 0 Å². The zero-order chi connectivity index (χ0) is 13.4. The number of nitriles is 1. The first-order valence-electron chi connectivity index (χ1n) is 5.74. The Morgan fingerprint density at radius 2 is 2.28 bits per heavy atom. The van der Waals surface area contributed by atoms with Crippen molar-refractivity contribution in [2.75, 3.05) is 23.4 Å². The Morgan fingerprint density at radius 1 is 1.56 bits per heavy atom. The smallest absolute Gasteiger partial charge is 0.234 e.